The number of hydrogen-bond acceptors (Lipinski definition) is 6. The average Bonchev–Trinajstić information content (AvgIpc) is 3.25. The molecule has 2 heterocycles. The molecular weight excluding hydrogens is 334 g/mol. The van der Waals surface area contributed by atoms with Gasteiger partial charge in [0.1, 0.15) is 12.2 Å². The van der Waals surface area contributed by atoms with Gasteiger partial charge in [-0.15, -0.1) is 10.2 Å². The number of urea groups is 1. The fourth-order valence-corrected chi connectivity index (χ4v) is 2.57. The molecule has 0 aliphatic carbocycles. The van der Waals surface area contributed by atoms with Crippen LogP contribution in [-0.4, -0.2) is 41.0 Å². The molecule has 10 heteroatoms. The van der Waals surface area contributed by atoms with Crippen molar-refractivity contribution >= 4 is 11.7 Å². The summed E-state index contributed by atoms with van der Waals surface area (Å²) in [6.07, 6.45) is 1.48. The van der Waals surface area contributed by atoms with E-state index in [1.54, 1.807) is 11.7 Å². The molecule has 0 saturated heterocycles. The zero-order chi connectivity index (χ0) is 18.7. The van der Waals surface area contributed by atoms with Crippen LogP contribution in [0.1, 0.15) is 31.3 Å². The van der Waals surface area contributed by atoms with E-state index in [0.29, 0.717) is 23.9 Å². The van der Waals surface area contributed by atoms with Crippen LogP contribution in [0.25, 0.3) is 11.4 Å². The van der Waals surface area contributed by atoms with Crippen LogP contribution < -0.4 is 10.6 Å². The van der Waals surface area contributed by atoms with Crippen LogP contribution >= 0.6 is 0 Å². The van der Waals surface area contributed by atoms with Crippen LogP contribution in [-0.2, 0) is 13.6 Å². The third kappa shape index (κ3) is 3.68. The van der Waals surface area contributed by atoms with Crippen molar-refractivity contribution in [2.45, 2.75) is 33.4 Å². The van der Waals surface area contributed by atoms with Gasteiger partial charge in [0.15, 0.2) is 0 Å². The molecule has 1 atom stereocenters. The number of hydrogen-bond donors (Lipinski definition) is 2. The van der Waals surface area contributed by atoms with E-state index in [9.17, 15) is 4.79 Å². The van der Waals surface area contributed by atoms with Crippen molar-refractivity contribution in [3.8, 4) is 11.4 Å². The van der Waals surface area contributed by atoms with Crippen molar-refractivity contribution in [1.29, 1.82) is 0 Å². The van der Waals surface area contributed by atoms with Gasteiger partial charge in [0.2, 0.25) is 5.82 Å². The highest BCUT2D eigenvalue weighted by atomic mass is 16.2. The Labute approximate surface area is 150 Å². The van der Waals surface area contributed by atoms with E-state index in [4.69, 9.17) is 0 Å². The molecule has 3 rings (SSSR count). The Balaban J connectivity index is 1.73. The van der Waals surface area contributed by atoms with Gasteiger partial charge in [-0.25, -0.2) is 14.5 Å². The number of nitrogens with zero attached hydrogens (tertiary/aromatic N) is 7. The first-order chi connectivity index (χ1) is 12.5. The molecule has 26 heavy (non-hydrogen) atoms. The number of carbonyl (C=O) groups is 1. The highest BCUT2D eigenvalue weighted by Gasteiger charge is 2.16. The van der Waals surface area contributed by atoms with Crippen molar-refractivity contribution in [1.82, 2.24) is 40.3 Å². The van der Waals surface area contributed by atoms with E-state index >= 15 is 0 Å². The summed E-state index contributed by atoms with van der Waals surface area (Å²) in [5.41, 5.74) is 2.38. The van der Waals surface area contributed by atoms with Crippen LogP contribution in [0.2, 0.25) is 0 Å². The Hall–Kier alpha value is -3.30. The summed E-state index contributed by atoms with van der Waals surface area (Å²) in [6, 6.07) is 5.02. The van der Waals surface area contributed by atoms with Gasteiger partial charge in [0.25, 0.3) is 0 Å². The van der Waals surface area contributed by atoms with Crippen molar-refractivity contribution < 1.29 is 4.79 Å². The van der Waals surface area contributed by atoms with Crippen molar-refractivity contribution in [2.24, 2.45) is 7.05 Å². The fraction of sp³-hybridized carbons (Fsp3) is 0.375. The third-order valence-corrected chi connectivity index (χ3v) is 3.93. The zero-order valence-corrected chi connectivity index (χ0v) is 15.1. The molecule has 2 amide bonds. The van der Waals surface area contributed by atoms with Gasteiger partial charge in [-0.05, 0) is 37.6 Å². The third-order valence-electron chi connectivity index (χ3n) is 3.93. The summed E-state index contributed by atoms with van der Waals surface area (Å²) < 4.78 is 1.75. The second-order valence-corrected chi connectivity index (χ2v) is 5.89. The minimum atomic E-state index is -0.324. The van der Waals surface area contributed by atoms with E-state index in [1.807, 2.05) is 39.0 Å². The highest BCUT2D eigenvalue weighted by Crippen LogP contribution is 2.22. The molecule has 1 aromatic carbocycles. The number of benzene rings is 1. The Morgan fingerprint density at radius 2 is 2.15 bits per heavy atom. The van der Waals surface area contributed by atoms with E-state index < -0.39 is 0 Å². The van der Waals surface area contributed by atoms with Gasteiger partial charge in [0, 0.05) is 17.8 Å². The van der Waals surface area contributed by atoms with Gasteiger partial charge in [-0.3, -0.25) is 0 Å². The highest BCUT2D eigenvalue weighted by molar-refractivity contribution is 5.91. The van der Waals surface area contributed by atoms with Crippen LogP contribution in [0.4, 0.5) is 10.5 Å². The topological polar surface area (TPSA) is 115 Å². The predicted octanol–water partition coefficient (Wildman–Crippen LogP) is 1.68. The van der Waals surface area contributed by atoms with Crippen LogP contribution in [0.3, 0.4) is 0 Å². The number of aromatic nitrogens is 7. The molecule has 0 aliphatic heterocycles. The largest absolute Gasteiger partial charge is 0.328 e. The number of aryl methyl sites for hydroxylation is 3. The summed E-state index contributed by atoms with van der Waals surface area (Å²) in [7, 11) is 1.70. The summed E-state index contributed by atoms with van der Waals surface area (Å²) in [4.78, 5) is 18.0. The first kappa shape index (κ1) is 17.5. The Morgan fingerprint density at radius 1 is 1.35 bits per heavy atom. The van der Waals surface area contributed by atoms with Gasteiger partial charge in [0.05, 0.1) is 13.1 Å². The van der Waals surface area contributed by atoms with Gasteiger partial charge in [-0.2, -0.15) is 9.90 Å². The lowest BCUT2D eigenvalue weighted by Crippen LogP contribution is -2.32. The fourth-order valence-electron chi connectivity index (χ4n) is 2.57. The molecule has 0 saturated carbocycles. The standard InChI is InChI=1S/C16H21N9O/c1-5-25-15(17-9-18-25)11(3)19-16(26)20-13-8-12(7-6-10(13)2)14-21-23-24(4)22-14/h6-9,11H,5H2,1-4H3,(H2,19,20,26)/t11-/m0/s1. The zero-order valence-electron chi connectivity index (χ0n) is 15.1. The molecule has 2 aromatic heterocycles. The molecule has 10 nitrogen and oxygen atoms in total. The Kier molecular flexibility index (Phi) is 4.92. The number of nitrogens with one attached hydrogen (secondary N) is 2. The maximum atomic E-state index is 12.4. The number of rotatable bonds is 5. The first-order valence-corrected chi connectivity index (χ1v) is 8.28. The number of carbonyl (C=O) groups excluding carboxylic acids is 1. The average molecular weight is 355 g/mol. The summed E-state index contributed by atoms with van der Waals surface area (Å²) in [6.45, 7) is 6.44. The van der Waals surface area contributed by atoms with E-state index in [2.05, 4.69) is 36.1 Å². The predicted molar refractivity (Wildman–Crippen MR) is 95.2 cm³/mol. The smallest absolute Gasteiger partial charge is 0.319 e. The summed E-state index contributed by atoms with van der Waals surface area (Å²) in [5, 5.41) is 21.9. The monoisotopic (exact) mass is 355 g/mol. The molecule has 0 spiro atoms. The Bertz CT molecular complexity index is 914. The quantitative estimate of drug-likeness (QED) is 0.719. The lowest BCUT2D eigenvalue weighted by molar-refractivity contribution is 0.248. The number of anilines is 1. The molecule has 0 aliphatic rings. The van der Waals surface area contributed by atoms with Crippen molar-refractivity contribution in [2.75, 3.05) is 5.32 Å². The molecule has 0 fully saturated rings. The minimum Gasteiger partial charge on any atom is -0.328 e. The van der Waals surface area contributed by atoms with E-state index in [0.717, 1.165) is 11.1 Å². The van der Waals surface area contributed by atoms with Crippen molar-refractivity contribution in [3.05, 3.63) is 35.9 Å². The van der Waals surface area contributed by atoms with E-state index in [1.165, 1.54) is 11.1 Å². The summed E-state index contributed by atoms with van der Waals surface area (Å²) >= 11 is 0. The number of amides is 2. The lowest BCUT2D eigenvalue weighted by atomic mass is 10.1. The van der Waals surface area contributed by atoms with Crippen LogP contribution in [0, 0.1) is 6.92 Å². The minimum absolute atomic E-state index is 0.275. The molecule has 0 radical (unpaired) electrons. The molecule has 3 aromatic rings. The maximum Gasteiger partial charge on any atom is 0.319 e. The SMILES string of the molecule is CCn1ncnc1[C@H](C)NC(=O)Nc1cc(-c2nnn(C)n2)ccc1C. The normalized spacial score (nSPS) is 12.0. The van der Waals surface area contributed by atoms with E-state index in [-0.39, 0.29) is 12.1 Å². The molecule has 0 bridgehead atoms. The van der Waals surface area contributed by atoms with Crippen LogP contribution in [0.15, 0.2) is 24.5 Å². The molecular formula is C16H21N9O. The second kappa shape index (κ2) is 7.30. The lowest BCUT2D eigenvalue weighted by Gasteiger charge is -2.16. The summed E-state index contributed by atoms with van der Waals surface area (Å²) in [5.74, 6) is 1.21. The first-order valence-electron chi connectivity index (χ1n) is 8.28. The number of tetrazole rings is 1. The van der Waals surface area contributed by atoms with Crippen molar-refractivity contribution in [3.63, 3.8) is 0 Å². The van der Waals surface area contributed by atoms with Gasteiger partial charge < -0.3 is 10.6 Å². The molecule has 2 N–H and O–H groups in total. The molecule has 0 unspecified atom stereocenters. The maximum absolute atomic E-state index is 12.4. The Morgan fingerprint density at radius 3 is 2.85 bits per heavy atom. The van der Waals surface area contributed by atoms with Gasteiger partial charge in [-0.1, -0.05) is 12.1 Å². The molecule has 136 valence electrons. The van der Waals surface area contributed by atoms with Gasteiger partial charge >= 0.3 is 6.03 Å². The van der Waals surface area contributed by atoms with Crippen LogP contribution in [0.5, 0.6) is 0 Å². The second-order valence-electron chi connectivity index (χ2n) is 5.89.